The summed E-state index contributed by atoms with van der Waals surface area (Å²) in [6.45, 7) is 1.56. The van der Waals surface area contributed by atoms with E-state index in [0.29, 0.717) is 5.56 Å². The maximum atomic E-state index is 14.5. The highest BCUT2D eigenvalue weighted by Crippen LogP contribution is 2.38. The van der Waals surface area contributed by atoms with E-state index >= 15 is 0 Å². The monoisotopic (exact) mass is 518 g/mol. The van der Waals surface area contributed by atoms with Crippen molar-refractivity contribution in [2.75, 3.05) is 5.43 Å². The maximum Gasteiger partial charge on any atom is 0.411 e. The van der Waals surface area contributed by atoms with Crippen molar-refractivity contribution < 1.29 is 23.8 Å². The van der Waals surface area contributed by atoms with Gasteiger partial charge in [0.05, 0.1) is 21.3 Å². The van der Waals surface area contributed by atoms with Gasteiger partial charge in [-0.25, -0.2) is 14.3 Å². The molecule has 2 aromatic carbocycles. The first-order valence-electron chi connectivity index (χ1n) is 9.41. The Morgan fingerprint density at radius 2 is 1.91 bits per heavy atom. The van der Waals surface area contributed by atoms with E-state index in [4.69, 9.17) is 38.3 Å². The number of hydrogen-bond donors (Lipinski definition) is 4. The van der Waals surface area contributed by atoms with Gasteiger partial charge in [-0.1, -0.05) is 41.4 Å². The normalized spacial score (nSPS) is 10.9. The van der Waals surface area contributed by atoms with E-state index in [0.717, 1.165) is 0 Å². The fraction of sp³-hybridized carbons (Fsp3) is 0.0476. The number of nitriles is 1. The minimum absolute atomic E-state index is 0.0280. The Bertz CT molecular complexity index is 1440. The number of rotatable bonds is 6. The zero-order valence-electron chi connectivity index (χ0n) is 17.5. The summed E-state index contributed by atoms with van der Waals surface area (Å²) in [5, 5.41) is 28.4. The summed E-state index contributed by atoms with van der Waals surface area (Å²) < 4.78 is 20.1. The summed E-state index contributed by atoms with van der Waals surface area (Å²) in [7, 11) is 0. The molecule has 14 heteroatoms. The predicted molar refractivity (Wildman–Crippen MR) is 124 cm³/mol. The minimum Gasteiger partial charge on any atom is -0.465 e. The van der Waals surface area contributed by atoms with Crippen molar-refractivity contribution in [3.8, 4) is 28.8 Å². The molecular weight excluding hydrogens is 506 g/mol. The molecule has 0 saturated carbocycles. The number of imide groups is 1. The molecule has 11 nitrogen and oxygen atoms in total. The van der Waals surface area contributed by atoms with Crippen LogP contribution in [0.4, 0.5) is 14.9 Å². The van der Waals surface area contributed by atoms with Gasteiger partial charge < -0.3 is 9.84 Å². The first-order chi connectivity index (χ1) is 16.6. The van der Waals surface area contributed by atoms with Crippen LogP contribution in [-0.2, 0) is 4.79 Å². The van der Waals surface area contributed by atoms with E-state index < -0.39 is 29.1 Å². The van der Waals surface area contributed by atoms with Gasteiger partial charge in [-0.15, -0.1) is 5.10 Å². The molecule has 1 heterocycles. The molecule has 178 valence electrons. The third-order valence-corrected chi connectivity index (χ3v) is 4.87. The topological polar surface area (TPSA) is 170 Å². The molecule has 0 bridgehead atoms. The lowest BCUT2D eigenvalue weighted by atomic mass is 10.0. The molecule has 3 rings (SSSR count). The first kappa shape index (κ1) is 25.2. The number of anilines is 1. The van der Waals surface area contributed by atoms with E-state index in [9.17, 15) is 18.8 Å². The Labute approximate surface area is 205 Å². The van der Waals surface area contributed by atoms with Crippen LogP contribution in [0.15, 0.2) is 46.3 Å². The van der Waals surface area contributed by atoms with E-state index in [1.165, 1.54) is 35.7 Å². The summed E-state index contributed by atoms with van der Waals surface area (Å²) in [5.41, 5.74) is 1.43. The number of nitrogens with one attached hydrogen (secondary N) is 3. The summed E-state index contributed by atoms with van der Waals surface area (Å²) in [4.78, 5) is 34.3. The van der Waals surface area contributed by atoms with Crippen molar-refractivity contribution in [3.63, 3.8) is 0 Å². The number of carbonyl (C=O) groups excluding carboxylic acids is 1. The molecule has 0 aliphatic rings. The van der Waals surface area contributed by atoms with Crippen LogP contribution < -0.4 is 21.0 Å². The fourth-order valence-corrected chi connectivity index (χ4v) is 3.29. The maximum absolute atomic E-state index is 14.5. The van der Waals surface area contributed by atoms with Crippen LogP contribution in [0.3, 0.4) is 0 Å². The zero-order chi connectivity index (χ0) is 25.7. The van der Waals surface area contributed by atoms with Crippen LogP contribution >= 0.6 is 23.2 Å². The average Bonchev–Trinajstić information content (AvgIpc) is 2.79. The number of hydrogen-bond acceptors (Lipinski definition) is 8. The van der Waals surface area contributed by atoms with Gasteiger partial charge in [0.25, 0.3) is 11.5 Å². The highest BCUT2D eigenvalue weighted by atomic mass is 35.5. The second-order valence-electron chi connectivity index (χ2n) is 6.70. The molecule has 1 aromatic heterocycles. The molecule has 0 saturated heterocycles. The highest BCUT2D eigenvalue weighted by Gasteiger charge is 2.17. The fourth-order valence-electron chi connectivity index (χ4n) is 2.73. The van der Waals surface area contributed by atoms with Crippen LogP contribution in [0.2, 0.25) is 10.0 Å². The largest absolute Gasteiger partial charge is 0.465 e. The average molecular weight is 519 g/mol. The summed E-state index contributed by atoms with van der Waals surface area (Å²) in [6, 6.07) is 9.81. The molecule has 0 atom stereocenters. The molecule has 2 amide bonds. The number of hydrazone groups is 1. The Hall–Kier alpha value is -4.47. The van der Waals surface area contributed by atoms with Gasteiger partial charge in [0.2, 0.25) is 11.6 Å². The lowest BCUT2D eigenvalue weighted by molar-refractivity contribution is -0.114. The number of aryl methyl sites for hydroxylation is 1. The number of ether oxygens (including phenoxy) is 1. The lowest BCUT2D eigenvalue weighted by Gasteiger charge is -2.12. The van der Waals surface area contributed by atoms with Crippen molar-refractivity contribution in [1.29, 1.82) is 5.26 Å². The smallest absolute Gasteiger partial charge is 0.411 e. The zero-order valence-corrected chi connectivity index (χ0v) is 19.0. The second-order valence-corrected chi connectivity index (χ2v) is 7.51. The number of aromatic amines is 1. The van der Waals surface area contributed by atoms with E-state index in [-0.39, 0.29) is 38.5 Å². The number of halogens is 3. The van der Waals surface area contributed by atoms with Crippen LogP contribution in [0.5, 0.6) is 11.6 Å². The SMILES string of the molecule is Cc1cccc(-c2cc(Oc3c(Cl)cc(NN=C(C#N)C(=O)NC(=O)O)cc3Cl)n[nH]c2=O)c1F. The van der Waals surface area contributed by atoms with Crippen molar-refractivity contribution in [2.24, 2.45) is 5.10 Å². The second kappa shape index (κ2) is 10.6. The molecule has 0 spiro atoms. The molecule has 3 aromatic rings. The molecule has 35 heavy (non-hydrogen) atoms. The van der Waals surface area contributed by atoms with E-state index in [2.05, 4.69) is 20.7 Å². The third kappa shape index (κ3) is 5.91. The summed E-state index contributed by atoms with van der Waals surface area (Å²) in [5.74, 6) is -2.02. The van der Waals surface area contributed by atoms with Gasteiger partial charge in [-0.2, -0.15) is 10.4 Å². The number of carbonyl (C=O) groups is 2. The van der Waals surface area contributed by atoms with E-state index in [1.807, 2.05) is 0 Å². The van der Waals surface area contributed by atoms with Gasteiger partial charge in [0, 0.05) is 11.6 Å². The Morgan fingerprint density at radius 1 is 1.23 bits per heavy atom. The molecule has 4 N–H and O–H groups in total. The molecular formula is C21H13Cl2FN6O5. The molecule has 0 unspecified atom stereocenters. The minimum atomic E-state index is -1.66. The van der Waals surface area contributed by atoms with E-state index in [1.54, 1.807) is 19.1 Å². The van der Waals surface area contributed by atoms with Crippen LogP contribution in [0.1, 0.15) is 5.56 Å². The quantitative estimate of drug-likeness (QED) is 0.279. The van der Waals surface area contributed by atoms with Crippen LogP contribution in [0.25, 0.3) is 11.1 Å². The van der Waals surface area contributed by atoms with Crippen LogP contribution in [-0.4, -0.2) is 33.0 Å². The third-order valence-electron chi connectivity index (χ3n) is 4.31. The highest BCUT2D eigenvalue weighted by molar-refractivity contribution is 6.46. The first-order valence-corrected chi connectivity index (χ1v) is 10.2. The van der Waals surface area contributed by atoms with Crippen molar-refractivity contribution >= 4 is 46.6 Å². The lowest BCUT2D eigenvalue weighted by Crippen LogP contribution is -2.34. The van der Waals surface area contributed by atoms with Crippen LogP contribution in [0, 0.1) is 24.1 Å². The molecule has 0 aliphatic heterocycles. The summed E-state index contributed by atoms with van der Waals surface area (Å²) in [6.07, 6.45) is -1.66. The van der Waals surface area contributed by atoms with Gasteiger partial charge in [0.15, 0.2) is 5.75 Å². The molecule has 0 aliphatic carbocycles. The van der Waals surface area contributed by atoms with Gasteiger partial charge >= 0.3 is 6.09 Å². The Morgan fingerprint density at radius 3 is 2.54 bits per heavy atom. The number of H-pyrrole nitrogens is 1. The molecule has 0 fully saturated rings. The number of benzene rings is 2. The summed E-state index contributed by atoms with van der Waals surface area (Å²) >= 11 is 12.4. The van der Waals surface area contributed by atoms with Crippen molar-refractivity contribution in [3.05, 3.63) is 68.2 Å². The predicted octanol–water partition coefficient (Wildman–Crippen LogP) is 4.07. The van der Waals surface area contributed by atoms with Crippen molar-refractivity contribution in [1.82, 2.24) is 15.5 Å². The number of nitrogens with zero attached hydrogens (tertiary/aromatic N) is 3. The molecule has 0 radical (unpaired) electrons. The Kier molecular flexibility index (Phi) is 7.65. The van der Waals surface area contributed by atoms with Gasteiger partial charge in [0.1, 0.15) is 11.9 Å². The standard InChI is InChI=1S/C21H13Cl2FN6O5/c1-9-3-2-4-11(17(9)24)12-7-16(29-30-19(12)31)35-18-13(22)5-10(6-14(18)23)27-28-15(8-25)20(32)26-21(33)34/h2-7,27H,1H3,(H,26,32)(H,30,31)(H,33,34). The number of amides is 2. The number of aromatic nitrogens is 2. The Balaban J connectivity index is 1.88. The van der Waals surface area contributed by atoms with Crippen molar-refractivity contribution in [2.45, 2.75) is 6.92 Å². The van der Waals surface area contributed by atoms with Gasteiger partial charge in [-0.3, -0.25) is 20.3 Å². The number of carboxylic acid groups (broad SMARTS) is 1. The van der Waals surface area contributed by atoms with Gasteiger partial charge in [-0.05, 0) is 24.6 Å².